The van der Waals surface area contributed by atoms with Crippen LogP contribution < -0.4 is 19.6 Å². The van der Waals surface area contributed by atoms with Gasteiger partial charge in [-0.25, -0.2) is 20.0 Å². The molecule has 0 aliphatic carbocycles. The van der Waals surface area contributed by atoms with Crippen LogP contribution in [0.25, 0.3) is 24.3 Å². The molecule has 16 nitrogen and oxygen atoms in total. The Bertz CT molecular complexity index is 4110. The maximum atomic E-state index is 15.0. The van der Waals surface area contributed by atoms with Crippen LogP contribution >= 0.6 is 43.2 Å². The molecule has 0 N–H and O–H groups in total. The fraction of sp³-hybridized carbons (Fsp3) is 0.103. The van der Waals surface area contributed by atoms with Crippen LogP contribution in [0.4, 0.5) is 22.7 Å². The van der Waals surface area contributed by atoms with Crippen LogP contribution in [0.5, 0.6) is 0 Å². The highest BCUT2D eigenvalue weighted by molar-refractivity contribution is 8.82. The number of carbonyl (C=O) groups is 4. The molecule has 8 aromatic rings. The summed E-state index contributed by atoms with van der Waals surface area (Å²) in [6.45, 7) is 4.57. The van der Waals surface area contributed by atoms with Gasteiger partial charge in [-0.2, -0.15) is 0 Å². The minimum Gasteiger partial charge on any atom is -0.266 e. The molecule has 0 saturated heterocycles. The van der Waals surface area contributed by atoms with E-state index >= 15 is 4.79 Å². The number of aromatic nitrogens is 4. The van der Waals surface area contributed by atoms with Crippen molar-refractivity contribution in [2.75, 3.05) is 25.4 Å². The largest absolute Gasteiger partial charge is 0.283 e. The Balaban J connectivity index is 0.955. The first kappa shape index (κ1) is 58.8. The molecule has 12 rings (SSSR count). The zero-order chi connectivity index (χ0) is 60.2. The van der Waals surface area contributed by atoms with Gasteiger partial charge in [-0.05, 0) is 162 Å². The fourth-order valence-corrected chi connectivity index (χ4v) is 15.4. The van der Waals surface area contributed by atoms with Crippen LogP contribution in [0, 0.1) is 18.8 Å². The predicted octanol–water partition coefficient (Wildman–Crippen LogP) is 13.8. The highest BCUT2D eigenvalue weighted by atomic mass is 33.1. The standard InChI is InChI=1S/C68H53N12O4S4/c1-2-55(62-74-57(42-48-24-16-20-38-70-48)64(82)78(62)52-29-9-4-10-30-52)60(86-88-68-76-59(44-50-26-18-22-40-72-50)66(84)80(68)54-33-13-6-14-34-54)36-35-46(61-73-56(41-47-23-15-19-37-69-47)63(81)77(61)51-27-7-3-8-28-51)45-85-87-67-75-58(43-49-25-17-21-39-71-49)65(83)79(67)53-31-11-5-12-32-53/h3-34,37-44,46,55,60H,1-2,35-36,45H2/b56-41?,57-42-,58-43?,59-44-. The molecule has 8 heterocycles. The lowest BCUT2D eigenvalue weighted by Gasteiger charge is -2.32. The lowest BCUT2D eigenvalue weighted by atomic mass is 9.92. The van der Waals surface area contributed by atoms with Crippen LogP contribution in [0.3, 0.4) is 0 Å². The topological polar surface area (TPSA) is 182 Å². The van der Waals surface area contributed by atoms with Crippen molar-refractivity contribution in [1.82, 2.24) is 19.9 Å². The number of rotatable bonds is 20. The van der Waals surface area contributed by atoms with E-state index in [-0.39, 0.29) is 46.4 Å². The van der Waals surface area contributed by atoms with E-state index in [0.29, 0.717) is 92.5 Å². The summed E-state index contributed by atoms with van der Waals surface area (Å²) in [4.78, 5) is 104. The highest BCUT2D eigenvalue weighted by Gasteiger charge is 2.43. The Kier molecular flexibility index (Phi) is 18.6. The van der Waals surface area contributed by atoms with E-state index in [9.17, 15) is 14.4 Å². The number of nitrogens with zero attached hydrogens (tertiary/aromatic N) is 12. The molecule has 4 aromatic heterocycles. The molecule has 20 heteroatoms. The molecule has 4 aliphatic heterocycles. The second-order valence-electron chi connectivity index (χ2n) is 20.0. The summed E-state index contributed by atoms with van der Waals surface area (Å²) in [6, 6.07) is 59.6. The van der Waals surface area contributed by atoms with Crippen LogP contribution in [-0.2, 0) is 19.2 Å². The van der Waals surface area contributed by atoms with E-state index in [1.807, 2.05) is 194 Å². The fourth-order valence-electron chi connectivity index (χ4n) is 10.1. The van der Waals surface area contributed by atoms with Gasteiger partial charge in [0.1, 0.15) is 34.5 Å². The normalized spacial score (nSPS) is 18.0. The number of aliphatic imine (C=N–C) groups is 4. The average molecular weight is 1230 g/mol. The Hall–Kier alpha value is -9.60. The van der Waals surface area contributed by atoms with Crippen LogP contribution in [-0.4, -0.2) is 76.6 Å². The molecular formula is C68H53N12O4S4. The Morgan fingerprint density at radius 3 is 1.11 bits per heavy atom. The van der Waals surface area contributed by atoms with Crippen molar-refractivity contribution < 1.29 is 19.2 Å². The third kappa shape index (κ3) is 13.3. The van der Waals surface area contributed by atoms with E-state index in [0.717, 1.165) is 0 Å². The van der Waals surface area contributed by atoms with Gasteiger partial charge in [0.15, 0.2) is 10.3 Å². The molecule has 4 aromatic carbocycles. The number of amides is 4. The van der Waals surface area contributed by atoms with Crippen molar-refractivity contribution in [3.8, 4) is 0 Å². The van der Waals surface area contributed by atoms with Crippen molar-refractivity contribution in [3.63, 3.8) is 0 Å². The maximum absolute atomic E-state index is 15.0. The molecule has 88 heavy (non-hydrogen) atoms. The van der Waals surface area contributed by atoms with Gasteiger partial charge in [-0.15, -0.1) is 0 Å². The van der Waals surface area contributed by atoms with Gasteiger partial charge in [0.25, 0.3) is 23.6 Å². The first-order valence-electron chi connectivity index (χ1n) is 28.1. The first-order chi connectivity index (χ1) is 43.3. The summed E-state index contributed by atoms with van der Waals surface area (Å²) in [6.07, 6.45) is 14.6. The summed E-state index contributed by atoms with van der Waals surface area (Å²) in [5, 5.41) is 0.469. The lowest BCUT2D eigenvalue weighted by molar-refractivity contribution is -0.114. The molecule has 0 spiro atoms. The van der Waals surface area contributed by atoms with Gasteiger partial charge in [0.05, 0.1) is 45.5 Å². The number of hydrogen-bond donors (Lipinski definition) is 0. The van der Waals surface area contributed by atoms with Crippen molar-refractivity contribution >= 4 is 136 Å². The summed E-state index contributed by atoms with van der Waals surface area (Å²) in [5.41, 5.74) is 5.72. The summed E-state index contributed by atoms with van der Waals surface area (Å²) < 4.78 is 0. The second-order valence-corrected chi connectivity index (χ2v) is 24.7. The zero-order valence-corrected chi connectivity index (χ0v) is 50.3. The van der Waals surface area contributed by atoms with Crippen molar-refractivity contribution in [1.29, 1.82) is 0 Å². The van der Waals surface area contributed by atoms with E-state index in [1.165, 1.54) is 43.2 Å². The molecule has 0 fully saturated rings. The lowest BCUT2D eigenvalue weighted by Crippen LogP contribution is -2.41. The second kappa shape index (κ2) is 27.8. The van der Waals surface area contributed by atoms with E-state index in [2.05, 4.69) is 26.9 Å². The predicted molar refractivity (Wildman–Crippen MR) is 360 cm³/mol. The zero-order valence-electron chi connectivity index (χ0n) is 47.0. The van der Waals surface area contributed by atoms with Gasteiger partial charge in [0, 0.05) is 47.6 Å². The quantitative estimate of drug-likeness (QED) is 0.0521. The number of anilines is 4. The van der Waals surface area contributed by atoms with Crippen molar-refractivity contribution in [3.05, 3.63) is 271 Å². The third-order valence-corrected chi connectivity index (χ3v) is 19.4. The summed E-state index contributed by atoms with van der Waals surface area (Å²) in [5.74, 6) is -0.840. The van der Waals surface area contributed by atoms with Crippen LogP contribution in [0.15, 0.2) is 262 Å². The minimum atomic E-state index is -0.509. The Labute approximate surface area is 524 Å². The maximum Gasteiger partial charge on any atom is 0.283 e. The number of hydrogen-bond acceptors (Lipinski definition) is 16. The molecule has 433 valence electrons. The van der Waals surface area contributed by atoms with Crippen LogP contribution in [0.1, 0.15) is 42.0 Å². The molecule has 1 radical (unpaired) electrons. The number of carbonyl (C=O) groups excluding carboxylic acids is 4. The molecule has 3 atom stereocenters. The molecule has 3 unspecified atom stereocenters. The SMILES string of the molecule is [CH2]CC(C1=N/C(=C\c2ccccn2)C(=O)N1c1ccccc1)C(CCC(CSSC1=NC(=Cc2ccccn2)C(=O)N1c1ccccc1)C1=NC(=Cc2ccccn2)C(=O)N1c1ccccc1)SSC1=N/C(=C\c2ccccn2)C(=O)N1c1ccccc1. The first-order valence-corrected chi connectivity index (χ1v) is 32.7. The molecule has 4 amide bonds. The van der Waals surface area contributed by atoms with E-state index < -0.39 is 17.1 Å². The van der Waals surface area contributed by atoms with Gasteiger partial charge in [0.2, 0.25) is 0 Å². The van der Waals surface area contributed by atoms with Crippen molar-refractivity contribution in [2.45, 2.75) is 24.5 Å². The van der Waals surface area contributed by atoms with Gasteiger partial charge in [-0.3, -0.25) is 58.7 Å². The highest BCUT2D eigenvalue weighted by Crippen LogP contribution is 2.45. The third-order valence-electron chi connectivity index (χ3n) is 14.3. The number of para-hydroxylation sites is 4. The smallest absolute Gasteiger partial charge is 0.266 e. The molecule has 4 aliphatic rings. The molecule has 0 saturated carbocycles. The van der Waals surface area contributed by atoms with Gasteiger partial charge < -0.3 is 0 Å². The monoisotopic (exact) mass is 1230 g/mol. The van der Waals surface area contributed by atoms with Gasteiger partial charge in [-0.1, -0.05) is 126 Å². The number of amidine groups is 4. The Morgan fingerprint density at radius 2 is 0.727 bits per heavy atom. The average Bonchev–Trinajstić information content (AvgIpc) is 2.06. The number of pyridine rings is 4. The van der Waals surface area contributed by atoms with E-state index in [4.69, 9.17) is 20.0 Å². The Morgan fingerprint density at radius 1 is 0.386 bits per heavy atom. The minimum absolute atomic E-state index is 0.212. The van der Waals surface area contributed by atoms with Crippen molar-refractivity contribution in [2.24, 2.45) is 31.8 Å². The number of benzene rings is 4. The van der Waals surface area contributed by atoms with Crippen LogP contribution in [0.2, 0.25) is 0 Å². The molecular weight excluding hydrogens is 1180 g/mol. The summed E-state index contributed by atoms with van der Waals surface area (Å²) >= 11 is 0. The van der Waals surface area contributed by atoms with Gasteiger partial charge >= 0.3 is 0 Å². The summed E-state index contributed by atoms with van der Waals surface area (Å²) in [7, 11) is 5.71. The van der Waals surface area contributed by atoms with E-state index in [1.54, 1.807) is 68.7 Å². The molecule has 0 bridgehead atoms.